The summed E-state index contributed by atoms with van der Waals surface area (Å²) in [6.07, 6.45) is 0. The Morgan fingerprint density at radius 2 is 1.47 bits per heavy atom. The molecule has 4 heteroatoms. The minimum Gasteiger partial charge on any atom is -0.360 e. The van der Waals surface area contributed by atoms with Gasteiger partial charge in [-0.15, -0.1) is 0 Å². The number of fused-ring (bicyclic) bond motifs is 1. The third kappa shape index (κ3) is 4.66. The van der Waals surface area contributed by atoms with Crippen LogP contribution in [0.25, 0.3) is 10.8 Å². The van der Waals surface area contributed by atoms with Crippen LogP contribution in [0.5, 0.6) is 0 Å². The predicted molar refractivity (Wildman–Crippen MR) is 131 cm³/mol. The van der Waals surface area contributed by atoms with Crippen LogP contribution in [-0.2, 0) is 6.54 Å². The molecule has 4 nitrogen and oxygen atoms in total. The Morgan fingerprint density at radius 3 is 2.22 bits per heavy atom. The highest BCUT2D eigenvalue weighted by atomic mass is 16.1. The summed E-state index contributed by atoms with van der Waals surface area (Å²) < 4.78 is 0. The molecular formula is C28H28N3O+. The summed E-state index contributed by atoms with van der Waals surface area (Å²) >= 11 is 0. The maximum absolute atomic E-state index is 12.7. The van der Waals surface area contributed by atoms with E-state index >= 15 is 0 Å². The second-order valence-corrected chi connectivity index (χ2v) is 8.46. The van der Waals surface area contributed by atoms with E-state index < -0.39 is 0 Å². The molecule has 0 aliphatic carbocycles. The number of benzene rings is 4. The highest BCUT2D eigenvalue weighted by Gasteiger charge is 2.20. The summed E-state index contributed by atoms with van der Waals surface area (Å²) in [7, 11) is 0. The number of hydrogen-bond donors (Lipinski definition) is 2. The first-order valence-electron chi connectivity index (χ1n) is 11.3. The molecule has 1 fully saturated rings. The third-order valence-electron chi connectivity index (χ3n) is 6.27. The molecule has 0 saturated carbocycles. The van der Waals surface area contributed by atoms with E-state index in [-0.39, 0.29) is 5.91 Å². The van der Waals surface area contributed by atoms with E-state index in [9.17, 15) is 4.79 Å². The van der Waals surface area contributed by atoms with Crippen molar-refractivity contribution in [1.29, 1.82) is 0 Å². The van der Waals surface area contributed by atoms with Gasteiger partial charge in [0.1, 0.15) is 6.54 Å². The van der Waals surface area contributed by atoms with Gasteiger partial charge >= 0.3 is 0 Å². The average molecular weight is 423 g/mol. The number of rotatable bonds is 5. The lowest BCUT2D eigenvalue weighted by atomic mass is 10.1. The average Bonchev–Trinajstić information content (AvgIpc) is 2.85. The van der Waals surface area contributed by atoms with E-state index in [2.05, 4.69) is 58.7 Å². The summed E-state index contributed by atoms with van der Waals surface area (Å²) in [4.78, 5) is 16.8. The van der Waals surface area contributed by atoms with Crippen LogP contribution in [0.3, 0.4) is 0 Å². The first-order chi connectivity index (χ1) is 15.7. The molecular weight excluding hydrogens is 394 g/mol. The Kier molecular flexibility index (Phi) is 5.86. The van der Waals surface area contributed by atoms with Gasteiger partial charge in [-0.3, -0.25) is 4.79 Å². The quantitative estimate of drug-likeness (QED) is 0.510. The topological polar surface area (TPSA) is 36.8 Å². The first kappa shape index (κ1) is 20.3. The molecule has 4 aromatic rings. The van der Waals surface area contributed by atoms with E-state index in [4.69, 9.17) is 0 Å². The van der Waals surface area contributed by atoms with Crippen molar-refractivity contribution in [3.8, 4) is 0 Å². The predicted octanol–water partition coefficient (Wildman–Crippen LogP) is 4.00. The van der Waals surface area contributed by atoms with Crippen LogP contribution < -0.4 is 15.1 Å². The van der Waals surface area contributed by atoms with Gasteiger partial charge in [0.05, 0.1) is 26.2 Å². The molecule has 1 saturated heterocycles. The lowest BCUT2D eigenvalue weighted by Crippen LogP contribution is -3.13. The van der Waals surface area contributed by atoms with E-state index in [0.717, 1.165) is 49.2 Å². The number of hydrogen-bond acceptors (Lipinski definition) is 2. The minimum absolute atomic E-state index is 0.0818. The molecule has 5 rings (SSSR count). The Bertz CT molecular complexity index is 1200. The van der Waals surface area contributed by atoms with Gasteiger partial charge in [-0.2, -0.15) is 0 Å². The van der Waals surface area contributed by atoms with Crippen molar-refractivity contribution in [1.82, 2.24) is 0 Å². The standard InChI is InChI=1S/C28H27N3O/c32-28(25-11-10-23-8-4-5-9-24(23)20-25)29-26-12-14-27(15-13-26)31-18-16-30(17-19-31)21-22-6-2-1-3-7-22/h1-15,20H,16-19,21H2,(H,29,32)/p+1. The van der Waals surface area contributed by atoms with Gasteiger partial charge in [-0.25, -0.2) is 0 Å². The zero-order valence-electron chi connectivity index (χ0n) is 18.1. The van der Waals surface area contributed by atoms with Gasteiger partial charge in [0, 0.05) is 22.5 Å². The van der Waals surface area contributed by atoms with Gasteiger partial charge in [0.2, 0.25) is 0 Å². The van der Waals surface area contributed by atoms with E-state index in [1.807, 2.05) is 48.5 Å². The fraction of sp³-hybridized carbons (Fsp3) is 0.179. The maximum atomic E-state index is 12.7. The third-order valence-corrected chi connectivity index (χ3v) is 6.27. The fourth-order valence-electron chi connectivity index (χ4n) is 4.43. The number of quaternary nitrogens is 1. The molecule has 1 aliphatic heterocycles. The summed E-state index contributed by atoms with van der Waals surface area (Å²) in [5.41, 5.74) is 4.11. The normalized spacial score (nSPS) is 14.4. The number of nitrogens with one attached hydrogen (secondary N) is 2. The van der Waals surface area contributed by atoms with Crippen molar-refractivity contribution in [3.63, 3.8) is 0 Å². The van der Waals surface area contributed by atoms with Gasteiger partial charge in [-0.05, 0) is 47.2 Å². The first-order valence-corrected chi connectivity index (χ1v) is 11.3. The number of nitrogens with zero attached hydrogens (tertiary/aromatic N) is 1. The number of carbonyl (C=O) groups is 1. The minimum atomic E-state index is -0.0818. The largest absolute Gasteiger partial charge is 0.360 e. The fourth-order valence-corrected chi connectivity index (χ4v) is 4.43. The summed E-state index contributed by atoms with van der Waals surface area (Å²) in [5, 5.41) is 5.24. The molecule has 0 atom stereocenters. The Labute approximate surface area is 189 Å². The van der Waals surface area contributed by atoms with Crippen molar-refractivity contribution in [2.45, 2.75) is 6.54 Å². The van der Waals surface area contributed by atoms with Crippen molar-refractivity contribution in [3.05, 3.63) is 108 Å². The zero-order chi connectivity index (χ0) is 21.8. The molecule has 32 heavy (non-hydrogen) atoms. The summed E-state index contributed by atoms with van der Waals surface area (Å²) in [6, 6.07) is 32.8. The second kappa shape index (κ2) is 9.25. The van der Waals surface area contributed by atoms with Crippen LogP contribution in [0.1, 0.15) is 15.9 Å². The van der Waals surface area contributed by atoms with E-state index in [0.29, 0.717) is 5.56 Å². The molecule has 160 valence electrons. The Hall–Kier alpha value is -3.63. The smallest absolute Gasteiger partial charge is 0.255 e. The molecule has 0 aromatic heterocycles. The monoisotopic (exact) mass is 422 g/mol. The van der Waals surface area contributed by atoms with Crippen molar-refractivity contribution >= 4 is 28.1 Å². The lowest BCUT2D eigenvalue weighted by molar-refractivity contribution is -0.914. The van der Waals surface area contributed by atoms with E-state index in [1.54, 1.807) is 4.90 Å². The molecule has 4 aromatic carbocycles. The van der Waals surface area contributed by atoms with E-state index in [1.165, 1.54) is 11.3 Å². The number of amides is 1. The number of piperazine rings is 1. The van der Waals surface area contributed by atoms with Crippen LogP contribution in [-0.4, -0.2) is 32.1 Å². The van der Waals surface area contributed by atoms with Gasteiger partial charge < -0.3 is 15.1 Å². The zero-order valence-corrected chi connectivity index (χ0v) is 18.1. The van der Waals surface area contributed by atoms with Crippen molar-refractivity contribution in [2.75, 3.05) is 36.4 Å². The second-order valence-electron chi connectivity index (χ2n) is 8.46. The van der Waals surface area contributed by atoms with Crippen molar-refractivity contribution < 1.29 is 9.69 Å². The molecule has 2 N–H and O–H groups in total. The Balaban J connectivity index is 1.17. The number of carbonyl (C=O) groups excluding carboxylic acids is 1. The summed E-state index contributed by atoms with van der Waals surface area (Å²) in [5.74, 6) is -0.0818. The van der Waals surface area contributed by atoms with Crippen molar-refractivity contribution in [2.24, 2.45) is 0 Å². The molecule has 1 aliphatic rings. The number of anilines is 2. The lowest BCUT2D eigenvalue weighted by Gasteiger charge is -2.33. The van der Waals surface area contributed by atoms with Crippen LogP contribution in [0.15, 0.2) is 97.1 Å². The van der Waals surface area contributed by atoms with Crippen LogP contribution in [0.4, 0.5) is 11.4 Å². The van der Waals surface area contributed by atoms with Gasteiger partial charge in [0.15, 0.2) is 0 Å². The molecule has 1 amide bonds. The highest BCUT2D eigenvalue weighted by Crippen LogP contribution is 2.20. The molecule has 0 radical (unpaired) electrons. The van der Waals surface area contributed by atoms with Crippen LogP contribution in [0.2, 0.25) is 0 Å². The molecule has 0 spiro atoms. The molecule has 1 heterocycles. The van der Waals surface area contributed by atoms with Crippen LogP contribution in [0, 0.1) is 0 Å². The van der Waals surface area contributed by atoms with Crippen LogP contribution >= 0.6 is 0 Å². The SMILES string of the molecule is O=C(Nc1ccc(N2CC[NH+](Cc3ccccc3)CC2)cc1)c1ccc2ccccc2c1. The molecule has 0 unspecified atom stereocenters. The summed E-state index contributed by atoms with van der Waals surface area (Å²) in [6.45, 7) is 5.45. The maximum Gasteiger partial charge on any atom is 0.255 e. The van der Waals surface area contributed by atoms with Gasteiger partial charge in [0.25, 0.3) is 5.91 Å². The highest BCUT2D eigenvalue weighted by molar-refractivity contribution is 6.06. The van der Waals surface area contributed by atoms with Gasteiger partial charge in [-0.1, -0.05) is 60.7 Å². The molecule has 0 bridgehead atoms. The Morgan fingerprint density at radius 1 is 0.781 bits per heavy atom.